The lowest BCUT2D eigenvalue weighted by atomic mass is 10.1. The summed E-state index contributed by atoms with van der Waals surface area (Å²) in [5.41, 5.74) is 2.37. The maximum atomic E-state index is 12.9. The van der Waals surface area contributed by atoms with Crippen LogP contribution in [0.1, 0.15) is 35.4 Å². The van der Waals surface area contributed by atoms with Crippen LogP contribution in [0.25, 0.3) is 0 Å². The molecule has 2 unspecified atom stereocenters. The number of benzene rings is 2. The lowest BCUT2D eigenvalue weighted by Gasteiger charge is -2.22. The molecule has 0 saturated carbocycles. The molecule has 1 fully saturated rings. The van der Waals surface area contributed by atoms with Gasteiger partial charge in [0.1, 0.15) is 0 Å². The summed E-state index contributed by atoms with van der Waals surface area (Å²) in [5, 5.41) is 2.68. The molecule has 27 heavy (non-hydrogen) atoms. The van der Waals surface area contributed by atoms with Gasteiger partial charge in [-0.3, -0.25) is 9.59 Å². The summed E-state index contributed by atoms with van der Waals surface area (Å²) in [6.45, 7) is 6.61. The Morgan fingerprint density at radius 3 is 2.52 bits per heavy atom. The lowest BCUT2D eigenvalue weighted by molar-refractivity contribution is -0.111. The molecule has 2 atom stereocenters. The fourth-order valence-electron chi connectivity index (χ4n) is 3.24. The van der Waals surface area contributed by atoms with Crippen LogP contribution in [-0.2, 0) is 9.53 Å². The van der Waals surface area contributed by atoms with Gasteiger partial charge in [0, 0.05) is 24.3 Å². The van der Waals surface area contributed by atoms with E-state index < -0.39 is 0 Å². The molecule has 0 spiro atoms. The number of rotatable bonds is 4. The molecule has 1 N–H and O–H groups in total. The quantitative estimate of drug-likeness (QED) is 0.840. The molecule has 0 aliphatic carbocycles. The highest BCUT2D eigenvalue weighted by Crippen LogP contribution is 2.27. The number of carbonyl (C=O) groups excluding carboxylic acids is 2. The normalized spacial score (nSPS) is 19.8. The topological polar surface area (TPSA) is 58.6 Å². The molecule has 5 heteroatoms. The molecule has 1 aliphatic heterocycles. The number of hydrogen-bond donors (Lipinski definition) is 1. The van der Waals surface area contributed by atoms with Crippen molar-refractivity contribution in [1.29, 1.82) is 0 Å². The Balaban J connectivity index is 1.68. The number of amides is 2. The average Bonchev–Trinajstić information content (AvgIpc) is 2.90. The molecule has 2 amide bonds. The molecule has 1 heterocycles. The highest BCUT2D eigenvalue weighted by Gasteiger charge is 2.26. The summed E-state index contributed by atoms with van der Waals surface area (Å²) in [4.78, 5) is 26.1. The molecule has 0 bridgehead atoms. The van der Waals surface area contributed by atoms with Crippen molar-refractivity contribution in [2.75, 3.05) is 18.4 Å². The SMILES string of the molecule is C=CC(=O)Nc1ccc(C(=O)N2CCC(c3ccccc3)OC(C)C2)cc1. The van der Waals surface area contributed by atoms with E-state index in [2.05, 4.69) is 24.0 Å². The summed E-state index contributed by atoms with van der Waals surface area (Å²) in [7, 11) is 0. The Kier molecular flexibility index (Phi) is 6.04. The molecule has 0 radical (unpaired) electrons. The van der Waals surface area contributed by atoms with Gasteiger partial charge in [-0.1, -0.05) is 36.9 Å². The fourth-order valence-corrected chi connectivity index (χ4v) is 3.24. The molecule has 1 saturated heterocycles. The van der Waals surface area contributed by atoms with Crippen LogP contribution in [0.4, 0.5) is 5.69 Å². The Morgan fingerprint density at radius 1 is 1.15 bits per heavy atom. The smallest absolute Gasteiger partial charge is 0.253 e. The van der Waals surface area contributed by atoms with E-state index in [4.69, 9.17) is 4.74 Å². The van der Waals surface area contributed by atoms with Crippen molar-refractivity contribution < 1.29 is 14.3 Å². The Bertz CT molecular complexity index is 802. The van der Waals surface area contributed by atoms with Crippen LogP contribution >= 0.6 is 0 Å². The van der Waals surface area contributed by atoms with Gasteiger partial charge in [-0.05, 0) is 49.2 Å². The maximum absolute atomic E-state index is 12.9. The van der Waals surface area contributed by atoms with E-state index in [9.17, 15) is 9.59 Å². The van der Waals surface area contributed by atoms with E-state index in [0.29, 0.717) is 24.3 Å². The maximum Gasteiger partial charge on any atom is 0.253 e. The largest absolute Gasteiger partial charge is 0.369 e. The first-order valence-electron chi connectivity index (χ1n) is 9.10. The van der Waals surface area contributed by atoms with Crippen LogP contribution < -0.4 is 5.32 Å². The monoisotopic (exact) mass is 364 g/mol. The van der Waals surface area contributed by atoms with E-state index in [1.807, 2.05) is 30.0 Å². The minimum atomic E-state index is -0.278. The fraction of sp³-hybridized carbons (Fsp3) is 0.273. The van der Waals surface area contributed by atoms with E-state index in [1.54, 1.807) is 24.3 Å². The second kappa shape index (κ2) is 8.64. The Labute approximate surface area is 159 Å². The first-order valence-corrected chi connectivity index (χ1v) is 9.10. The third-order valence-corrected chi connectivity index (χ3v) is 4.58. The third-order valence-electron chi connectivity index (χ3n) is 4.58. The van der Waals surface area contributed by atoms with Crippen molar-refractivity contribution in [1.82, 2.24) is 4.90 Å². The first kappa shape index (κ1) is 18.9. The second-order valence-corrected chi connectivity index (χ2v) is 6.66. The number of nitrogens with zero attached hydrogens (tertiary/aromatic N) is 1. The molecule has 5 nitrogen and oxygen atoms in total. The average molecular weight is 364 g/mol. The molecule has 1 aliphatic rings. The standard InChI is InChI=1S/C22H24N2O3/c1-3-21(25)23-19-11-9-18(10-12-19)22(26)24-14-13-20(27-16(2)15-24)17-7-5-4-6-8-17/h3-12,16,20H,1,13-15H2,2H3,(H,23,25). The van der Waals surface area contributed by atoms with Crippen molar-refractivity contribution in [3.05, 3.63) is 78.4 Å². The number of carbonyl (C=O) groups is 2. The van der Waals surface area contributed by atoms with Gasteiger partial charge >= 0.3 is 0 Å². The summed E-state index contributed by atoms with van der Waals surface area (Å²) in [6, 6.07) is 17.0. The molecule has 140 valence electrons. The highest BCUT2D eigenvalue weighted by molar-refractivity contribution is 5.99. The van der Waals surface area contributed by atoms with Crippen LogP contribution in [0.15, 0.2) is 67.3 Å². The van der Waals surface area contributed by atoms with E-state index in [0.717, 1.165) is 12.0 Å². The summed E-state index contributed by atoms with van der Waals surface area (Å²) < 4.78 is 6.14. The minimum Gasteiger partial charge on any atom is -0.369 e. The zero-order chi connectivity index (χ0) is 19.2. The van der Waals surface area contributed by atoms with Crippen molar-refractivity contribution >= 4 is 17.5 Å². The van der Waals surface area contributed by atoms with Gasteiger partial charge in [0.2, 0.25) is 5.91 Å². The molecular weight excluding hydrogens is 340 g/mol. The van der Waals surface area contributed by atoms with Crippen LogP contribution in [0.2, 0.25) is 0 Å². The first-order chi connectivity index (χ1) is 13.1. The molecule has 2 aromatic carbocycles. The van der Waals surface area contributed by atoms with Gasteiger partial charge in [0.05, 0.1) is 12.2 Å². The zero-order valence-electron chi connectivity index (χ0n) is 15.4. The highest BCUT2D eigenvalue weighted by atomic mass is 16.5. The number of hydrogen-bond acceptors (Lipinski definition) is 3. The zero-order valence-corrected chi connectivity index (χ0v) is 15.4. The van der Waals surface area contributed by atoms with Crippen LogP contribution in [0.3, 0.4) is 0 Å². The molecule has 2 aromatic rings. The summed E-state index contributed by atoms with van der Waals surface area (Å²) >= 11 is 0. The summed E-state index contributed by atoms with van der Waals surface area (Å²) in [6.07, 6.45) is 1.91. The molecule has 3 rings (SSSR count). The minimum absolute atomic E-state index is 0.00417. The van der Waals surface area contributed by atoms with E-state index in [1.165, 1.54) is 6.08 Å². The van der Waals surface area contributed by atoms with Gasteiger partial charge in [-0.15, -0.1) is 0 Å². The van der Waals surface area contributed by atoms with Crippen molar-refractivity contribution in [3.63, 3.8) is 0 Å². The summed E-state index contributed by atoms with van der Waals surface area (Å²) in [5.74, 6) is -0.305. The van der Waals surface area contributed by atoms with Gasteiger partial charge < -0.3 is 15.0 Å². The van der Waals surface area contributed by atoms with Crippen molar-refractivity contribution in [2.24, 2.45) is 0 Å². The predicted molar refractivity (Wildman–Crippen MR) is 106 cm³/mol. The lowest BCUT2D eigenvalue weighted by Crippen LogP contribution is -2.35. The Morgan fingerprint density at radius 2 is 1.85 bits per heavy atom. The van der Waals surface area contributed by atoms with Crippen LogP contribution in [0, 0.1) is 0 Å². The van der Waals surface area contributed by atoms with Crippen molar-refractivity contribution in [3.8, 4) is 0 Å². The third kappa shape index (κ3) is 4.83. The van der Waals surface area contributed by atoms with Gasteiger partial charge in [-0.2, -0.15) is 0 Å². The second-order valence-electron chi connectivity index (χ2n) is 6.66. The molecular formula is C22H24N2O3. The number of ether oxygens (including phenoxy) is 1. The van der Waals surface area contributed by atoms with E-state index in [-0.39, 0.29) is 24.0 Å². The van der Waals surface area contributed by atoms with Crippen LogP contribution in [0.5, 0.6) is 0 Å². The van der Waals surface area contributed by atoms with Crippen molar-refractivity contribution in [2.45, 2.75) is 25.6 Å². The number of anilines is 1. The molecule has 0 aromatic heterocycles. The number of nitrogens with one attached hydrogen (secondary N) is 1. The predicted octanol–water partition coefficient (Wildman–Crippen LogP) is 3.80. The van der Waals surface area contributed by atoms with Crippen LogP contribution in [-0.4, -0.2) is 35.9 Å². The Hall–Kier alpha value is -2.92. The van der Waals surface area contributed by atoms with Gasteiger partial charge in [0.25, 0.3) is 5.91 Å². The van der Waals surface area contributed by atoms with E-state index >= 15 is 0 Å². The van der Waals surface area contributed by atoms with Gasteiger partial charge in [0.15, 0.2) is 0 Å². The van der Waals surface area contributed by atoms with Gasteiger partial charge in [-0.25, -0.2) is 0 Å².